The summed E-state index contributed by atoms with van der Waals surface area (Å²) >= 11 is 1.36. The second kappa shape index (κ2) is 11.5. The molecule has 0 atom stereocenters. The monoisotopic (exact) mass is 435 g/mol. The summed E-state index contributed by atoms with van der Waals surface area (Å²) in [6.07, 6.45) is 1.56. The molecule has 7 nitrogen and oxygen atoms in total. The fourth-order valence-corrected chi connectivity index (χ4v) is 3.39. The molecule has 0 radical (unpaired) electrons. The molecule has 3 aromatic carbocycles. The molecule has 0 bridgehead atoms. The number of nitrogens with zero attached hydrogens (tertiary/aromatic N) is 2. The highest BCUT2D eigenvalue weighted by Gasteiger charge is 2.06. The Labute approximate surface area is 184 Å². The molecule has 0 saturated heterocycles. The lowest BCUT2D eigenvalue weighted by Crippen LogP contribution is -2.19. The van der Waals surface area contributed by atoms with Gasteiger partial charge in [0.25, 0.3) is 5.69 Å². The van der Waals surface area contributed by atoms with E-state index in [1.165, 1.54) is 23.9 Å². The number of carbonyl (C=O) groups excluding carboxylic acids is 1. The van der Waals surface area contributed by atoms with Gasteiger partial charge in [0.05, 0.1) is 16.9 Å². The highest BCUT2D eigenvalue weighted by Crippen LogP contribution is 2.18. The largest absolute Gasteiger partial charge is 0.489 e. The van der Waals surface area contributed by atoms with Gasteiger partial charge in [0.1, 0.15) is 12.4 Å². The topological polar surface area (TPSA) is 93.8 Å². The minimum absolute atomic E-state index is 0.0450. The Bertz CT molecular complexity index is 1040. The highest BCUT2D eigenvalue weighted by molar-refractivity contribution is 7.99. The number of thioether (sulfide) groups is 1. The van der Waals surface area contributed by atoms with Gasteiger partial charge in [-0.2, -0.15) is 5.10 Å². The summed E-state index contributed by atoms with van der Waals surface area (Å²) in [6.45, 7) is 0.498. The first-order valence-corrected chi connectivity index (χ1v) is 10.7. The maximum Gasteiger partial charge on any atom is 0.269 e. The average Bonchev–Trinajstić information content (AvgIpc) is 2.79. The molecule has 1 N–H and O–H groups in total. The number of amides is 1. The number of rotatable bonds is 10. The van der Waals surface area contributed by atoms with Gasteiger partial charge in [-0.25, -0.2) is 5.43 Å². The number of hydrazone groups is 1. The van der Waals surface area contributed by atoms with E-state index in [0.717, 1.165) is 22.4 Å². The molecule has 8 heteroatoms. The zero-order chi connectivity index (χ0) is 21.9. The Morgan fingerprint density at radius 3 is 2.52 bits per heavy atom. The molecule has 0 unspecified atom stereocenters. The third kappa shape index (κ3) is 7.60. The molecule has 0 aliphatic carbocycles. The van der Waals surface area contributed by atoms with Gasteiger partial charge in [-0.05, 0) is 41.0 Å². The molecule has 31 heavy (non-hydrogen) atoms. The van der Waals surface area contributed by atoms with E-state index in [4.69, 9.17) is 4.74 Å². The van der Waals surface area contributed by atoms with Crippen LogP contribution < -0.4 is 10.2 Å². The van der Waals surface area contributed by atoms with Crippen molar-refractivity contribution in [3.05, 3.63) is 106 Å². The van der Waals surface area contributed by atoms with Crippen LogP contribution in [0.1, 0.15) is 16.7 Å². The maximum atomic E-state index is 11.9. The molecule has 158 valence electrons. The molecule has 1 amide bonds. The lowest BCUT2D eigenvalue weighted by molar-refractivity contribution is -0.384. The number of hydrogen-bond acceptors (Lipinski definition) is 6. The number of hydrogen-bond donors (Lipinski definition) is 1. The van der Waals surface area contributed by atoms with Crippen molar-refractivity contribution in [3.63, 3.8) is 0 Å². The lowest BCUT2D eigenvalue weighted by Gasteiger charge is -2.06. The van der Waals surface area contributed by atoms with Crippen molar-refractivity contribution in [3.8, 4) is 5.75 Å². The highest BCUT2D eigenvalue weighted by atomic mass is 32.2. The molecular weight excluding hydrogens is 414 g/mol. The van der Waals surface area contributed by atoms with Crippen molar-refractivity contribution in [2.75, 3.05) is 5.75 Å². The van der Waals surface area contributed by atoms with E-state index < -0.39 is 4.92 Å². The second-order valence-corrected chi connectivity index (χ2v) is 7.54. The third-order valence-electron chi connectivity index (χ3n) is 4.15. The van der Waals surface area contributed by atoms with E-state index in [-0.39, 0.29) is 17.3 Å². The first-order chi connectivity index (χ1) is 15.1. The van der Waals surface area contributed by atoms with Crippen LogP contribution in [0.4, 0.5) is 5.69 Å². The molecule has 0 aliphatic heterocycles. The fourth-order valence-electron chi connectivity index (χ4n) is 2.62. The molecule has 0 fully saturated rings. The van der Waals surface area contributed by atoms with Crippen molar-refractivity contribution in [2.24, 2.45) is 5.10 Å². The Hall–Kier alpha value is -3.65. The van der Waals surface area contributed by atoms with Crippen LogP contribution in [0.15, 0.2) is 84.0 Å². The van der Waals surface area contributed by atoms with Gasteiger partial charge in [0.2, 0.25) is 5.91 Å². The number of ether oxygens (including phenoxy) is 1. The summed E-state index contributed by atoms with van der Waals surface area (Å²) in [4.78, 5) is 22.3. The van der Waals surface area contributed by atoms with E-state index >= 15 is 0 Å². The first kappa shape index (κ1) is 22.0. The number of benzene rings is 3. The van der Waals surface area contributed by atoms with Gasteiger partial charge < -0.3 is 4.74 Å². The standard InChI is InChI=1S/C23H21N3O4S/c27-23(17-31-16-20-7-4-8-21(13-20)26(28)29)25-24-14-18-9-11-22(12-10-18)30-15-19-5-2-1-3-6-19/h1-14H,15-17H2,(H,25,27)/b24-14-. The zero-order valence-electron chi connectivity index (χ0n) is 16.6. The van der Waals surface area contributed by atoms with E-state index in [1.807, 2.05) is 54.6 Å². The Balaban J connectivity index is 1.38. The molecule has 0 spiro atoms. The SMILES string of the molecule is O=C(CSCc1cccc([N+](=O)[O-])c1)N/N=C\c1ccc(OCc2ccccc2)cc1. The van der Waals surface area contributed by atoms with Gasteiger partial charge in [0.15, 0.2) is 0 Å². The Kier molecular flexibility index (Phi) is 8.19. The van der Waals surface area contributed by atoms with Crippen molar-refractivity contribution < 1.29 is 14.5 Å². The van der Waals surface area contributed by atoms with Crippen LogP contribution in [-0.4, -0.2) is 22.8 Å². The van der Waals surface area contributed by atoms with E-state index in [1.54, 1.807) is 18.3 Å². The maximum absolute atomic E-state index is 11.9. The fraction of sp³-hybridized carbons (Fsp3) is 0.130. The van der Waals surface area contributed by atoms with E-state index in [9.17, 15) is 14.9 Å². The molecular formula is C23H21N3O4S. The van der Waals surface area contributed by atoms with Crippen molar-refractivity contribution in [1.29, 1.82) is 0 Å². The molecule has 3 aromatic rings. The second-order valence-electron chi connectivity index (χ2n) is 6.56. The summed E-state index contributed by atoms with van der Waals surface area (Å²) < 4.78 is 5.74. The minimum atomic E-state index is -0.433. The van der Waals surface area contributed by atoms with Gasteiger partial charge in [-0.15, -0.1) is 11.8 Å². The lowest BCUT2D eigenvalue weighted by atomic mass is 10.2. The van der Waals surface area contributed by atoms with Gasteiger partial charge in [0, 0.05) is 17.9 Å². The van der Waals surface area contributed by atoms with Gasteiger partial charge in [-0.3, -0.25) is 14.9 Å². The van der Waals surface area contributed by atoms with Crippen LogP contribution in [0, 0.1) is 10.1 Å². The van der Waals surface area contributed by atoms with Gasteiger partial charge in [-0.1, -0.05) is 42.5 Å². The normalized spacial score (nSPS) is 10.7. The molecule has 3 rings (SSSR count). The number of nitro groups is 1. The quantitative estimate of drug-likeness (QED) is 0.286. The first-order valence-electron chi connectivity index (χ1n) is 9.50. The predicted octanol–water partition coefficient (Wildman–Crippen LogP) is 4.56. The zero-order valence-corrected chi connectivity index (χ0v) is 17.5. The van der Waals surface area contributed by atoms with E-state index in [0.29, 0.717) is 12.4 Å². The number of carbonyl (C=O) groups is 1. The Morgan fingerprint density at radius 1 is 1.03 bits per heavy atom. The number of nitrogens with one attached hydrogen (secondary N) is 1. The summed E-state index contributed by atoms with van der Waals surface area (Å²) in [5.74, 6) is 1.22. The number of non-ortho nitro benzene ring substituents is 1. The Morgan fingerprint density at radius 2 is 1.77 bits per heavy atom. The third-order valence-corrected chi connectivity index (χ3v) is 5.16. The molecule has 0 heterocycles. The smallest absolute Gasteiger partial charge is 0.269 e. The van der Waals surface area contributed by atoms with Crippen LogP contribution in [0.3, 0.4) is 0 Å². The van der Waals surface area contributed by atoms with Crippen molar-refractivity contribution in [2.45, 2.75) is 12.4 Å². The van der Waals surface area contributed by atoms with E-state index in [2.05, 4.69) is 10.5 Å². The van der Waals surface area contributed by atoms with Crippen molar-refractivity contribution >= 4 is 29.6 Å². The molecule has 0 aliphatic rings. The average molecular weight is 436 g/mol. The van der Waals surface area contributed by atoms with Crippen LogP contribution in [0.25, 0.3) is 0 Å². The van der Waals surface area contributed by atoms with Crippen LogP contribution in [0.5, 0.6) is 5.75 Å². The van der Waals surface area contributed by atoms with Crippen LogP contribution in [0.2, 0.25) is 0 Å². The molecule has 0 saturated carbocycles. The summed E-state index contributed by atoms with van der Waals surface area (Å²) in [6, 6.07) is 23.7. The van der Waals surface area contributed by atoms with Crippen LogP contribution in [-0.2, 0) is 17.2 Å². The van der Waals surface area contributed by atoms with Gasteiger partial charge >= 0.3 is 0 Å². The number of nitro benzene ring substituents is 1. The summed E-state index contributed by atoms with van der Waals surface area (Å²) in [7, 11) is 0. The summed E-state index contributed by atoms with van der Waals surface area (Å²) in [5, 5.41) is 14.8. The molecule has 0 aromatic heterocycles. The minimum Gasteiger partial charge on any atom is -0.489 e. The summed E-state index contributed by atoms with van der Waals surface area (Å²) in [5.41, 5.74) is 5.25. The predicted molar refractivity (Wildman–Crippen MR) is 122 cm³/mol. The van der Waals surface area contributed by atoms with Crippen LogP contribution >= 0.6 is 11.8 Å². The van der Waals surface area contributed by atoms with Crippen molar-refractivity contribution in [1.82, 2.24) is 5.43 Å².